The first-order valence-corrected chi connectivity index (χ1v) is 7.77. The lowest BCUT2D eigenvalue weighted by atomic mass is 9.82. The van der Waals surface area contributed by atoms with E-state index in [9.17, 15) is 9.59 Å². The largest absolute Gasteiger partial charge is 0.476 e. The lowest BCUT2D eigenvalue weighted by molar-refractivity contribution is -0.153. The van der Waals surface area contributed by atoms with Crippen molar-refractivity contribution in [2.24, 2.45) is 11.1 Å². The minimum atomic E-state index is -0.991. The minimum Gasteiger partial charge on any atom is -0.476 e. The number of allylic oxidation sites excluding steroid dienone is 5. The molecule has 0 saturated carbocycles. The first-order chi connectivity index (χ1) is 11.2. The number of ether oxygens (including phenoxy) is 2. The molecular weight excluding hydrogens is 308 g/mol. The zero-order valence-electron chi connectivity index (χ0n) is 14.7. The molecule has 1 unspecified atom stereocenters. The highest BCUT2D eigenvalue weighted by Crippen LogP contribution is 2.28. The number of hydrogen-bond acceptors (Lipinski definition) is 5. The maximum absolute atomic E-state index is 11.6. The van der Waals surface area contributed by atoms with E-state index in [0.29, 0.717) is 13.2 Å². The normalized spacial score (nSPS) is 16.7. The molecule has 1 rings (SSSR count). The van der Waals surface area contributed by atoms with Gasteiger partial charge >= 0.3 is 5.97 Å². The molecule has 0 bridgehead atoms. The summed E-state index contributed by atoms with van der Waals surface area (Å²) in [4.78, 5) is 23.0. The van der Waals surface area contributed by atoms with E-state index in [0.717, 1.165) is 11.3 Å². The Kier molecular flexibility index (Phi) is 7.30. The summed E-state index contributed by atoms with van der Waals surface area (Å²) in [7, 11) is 0. The van der Waals surface area contributed by atoms with E-state index in [1.54, 1.807) is 26.8 Å². The second-order valence-electron chi connectivity index (χ2n) is 6.11. The van der Waals surface area contributed by atoms with Gasteiger partial charge in [0.05, 0.1) is 5.41 Å². The fourth-order valence-corrected chi connectivity index (χ4v) is 2.18. The molecule has 0 aromatic carbocycles. The molecule has 0 aromatic heterocycles. The third kappa shape index (κ3) is 5.95. The molecule has 1 amide bonds. The molecule has 0 fully saturated rings. The fourth-order valence-electron chi connectivity index (χ4n) is 2.18. The lowest BCUT2D eigenvalue weighted by Crippen LogP contribution is -2.44. The van der Waals surface area contributed by atoms with Crippen LogP contribution in [-0.2, 0) is 19.1 Å². The molecule has 6 heteroatoms. The Balaban J connectivity index is 2.70. The van der Waals surface area contributed by atoms with Crippen LogP contribution in [0.5, 0.6) is 0 Å². The highest BCUT2D eigenvalue weighted by atomic mass is 16.5. The van der Waals surface area contributed by atoms with E-state index in [1.807, 2.05) is 30.5 Å². The average molecular weight is 334 g/mol. The maximum atomic E-state index is 11.6. The Morgan fingerprint density at radius 2 is 2.08 bits per heavy atom. The van der Waals surface area contributed by atoms with Crippen LogP contribution in [-0.4, -0.2) is 24.7 Å². The molecule has 1 heterocycles. The SMILES string of the molecule is CC(=O)OC(\C(C)=C/C=C\C=C\CC1=CNCO1)C(C)(C)C(N)=O. The van der Waals surface area contributed by atoms with Gasteiger partial charge in [-0.25, -0.2) is 0 Å². The molecule has 0 saturated heterocycles. The Labute approximate surface area is 143 Å². The van der Waals surface area contributed by atoms with Crippen LogP contribution in [0, 0.1) is 5.41 Å². The number of nitrogens with two attached hydrogens (primary N) is 1. The molecule has 0 aliphatic carbocycles. The van der Waals surface area contributed by atoms with Crippen molar-refractivity contribution in [2.75, 3.05) is 6.73 Å². The molecular formula is C18H26N2O4. The van der Waals surface area contributed by atoms with Crippen LogP contribution in [0.2, 0.25) is 0 Å². The first kappa shape index (κ1) is 19.5. The van der Waals surface area contributed by atoms with E-state index in [1.165, 1.54) is 6.92 Å². The topological polar surface area (TPSA) is 90.7 Å². The van der Waals surface area contributed by atoms with E-state index >= 15 is 0 Å². The molecule has 6 nitrogen and oxygen atoms in total. The summed E-state index contributed by atoms with van der Waals surface area (Å²) >= 11 is 0. The second kappa shape index (κ2) is 8.96. The standard InChI is InChI=1S/C18H26N2O4/c1-13(16(24-14(2)21)18(3,4)17(19)22)9-7-5-6-8-10-15-11-20-12-23-15/h5-9,11,16,20H,10,12H2,1-4H3,(H2,19,22)/b7-5-,8-6+,13-9-. The Hall–Kier alpha value is -2.50. The molecule has 1 atom stereocenters. The van der Waals surface area contributed by atoms with E-state index in [2.05, 4.69) is 5.32 Å². The lowest BCUT2D eigenvalue weighted by Gasteiger charge is -2.31. The van der Waals surface area contributed by atoms with Gasteiger partial charge in [0, 0.05) is 19.5 Å². The van der Waals surface area contributed by atoms with Crippen molar-refractivity contribution >= 4 is 11.9 Å². The monoisotopic (exact) mass is 334 g/mol. The van der Waals surface area contributed by atoms with Crippen molar-refractivity contribution in [3.05, 3.63) is 47.9 Å². The third-order valence-electron chi connectivity index (χ3n) is 3.63. The number of amides is 1. The second-order valence-corrected chi connectivity index (χ2v) is 6.11. The van der Waals surface area contributed by atoms with E-state index in [4.69, 9.17) is 15.2 Å². The predicted molar refractivity (Wildman–Crippen MR) is 92.4 cm³/mol. The zero-order valence-corrected chi connectivity index (χ0v) is 14.7. The highest BCUT2D eigenvalue weighted by Gasteiger charge is 2.38. The number of esters is 1. The van der Waals surface area contributed by atoms with Gasteiger partial charge in [-0.2, -0.15) is 0 Å². The van der Waals surface area contributed by atoms with Crippen LogP contribution in [0.3, 0.4) is 0 Å². The number of primary amides is 1. The Bertz CT molecular complexity index is 586. The van der Waals surface area contributed by atoms with Gasteiger partial charge in [0.1, 0.15) is 11.9 Å². The van der Waals surface area contributed by atoms with Gasteiger partial charge in [0.25, 0.3) is 0 Å². The Morgan fingerprint density at radius 1 is 1.38 bits per heavy atom. The molecule has 3 N–H and O–H groups in total. The zero-order chi connectivity index (χ0) is 18.2. The summed E-state index contributed by atoms with van der Waals surface area (Å²) in [5, 5.41) is 2.97. The van der Waals surface area contributed by atoms with Crippen LogP contribution in [0.4, 0.5) is 0 Å². The molecule has 1 aliphatic heterocycles. The predicted octanol–water partition coefficient (Wildman–Crippen LogP) is 2.30. The number of rotatable bonds is 8. The van der Waals surface area contributed by atoms with Gasteiger partial charge in [-0.1, -0.05) is 30.4 Å². The van der Waals surface area contributed by atoms with Crippen LogP contribution in [0.15, 0.2) is 47.9 Å². The quantitative estimate of drug-likeness (QED) is 0.525. The van der Waals surface area contributed by atoms with Gasteiger partial charge in [-0.3, -0.25) is 9.59 Å². The van der Waals surface area contributed by atoms with Crippen molar-refractivity contribution < 1.29 is 19.1 Å². The van der Waals surface area contributed by atoms with E-state index in [-0.39, 0.29) is 0 Å². The average Bonchev–Trinajstić information content (AvgIpc) is 3.00. The van der Waals surface area contributed by atoms with Gasteiger partial charge in [-0.15, -0.1) is 0 Å². The summed E-state index contributed by atoms with van der Waals surface area (Å²) in [6.45, 7) is 6.95. The molecule has 0 radical (unpaired) electrons. The number of hydrogen-bond donors (Lipinski definition) is 2. The van der Waals surface area contributed by atoms with Gasteiger partial charge in [0.2, 0.25) is 5.91 Å². The van der Waals surface area contributed by atoms with Crippen LogP contribution in [0.25, 0.3) is 0 Å². The summed E-state index contributed by atoms with van der Waals surface area (Å²) in [6, 6.07) is 0. The van der Waals surface area contributed by atoms with Gasteiger partial charge in [0.15, 0.2) is 6.73 Å². The van der Waals surface area contributed by atoms with Crippen molar-refractivity contribution in [3.63, 3.8) is 0 Å². The molecule has 0 aromatic rings. The summed E-state index contributed by atoms with van der Waals surface area (Å²) in [5.41, 5.74) is 5.18. The van der Waals surface area contributed by atoms with Crippen molar-refractivity contribution in [2.45, 2.75) is 40.2 Å². The third-order valence-corrected chi connectivity index (χ3v) is 3.63. The van der Waals surface area contributed by atoms with E-state index < -0.39 is 23.4 Å². The number of nitrogens with one attached hydrogen (secondary N) is 1. The first-order valence-electron chi connectivity index (χ1n) is 7.77. The van der Waals surface area contributed by atoms with Crippen LogP contribution in [0.1, 0.15) is 34.1 Å². The van der Waals surface area contributed by atoms with Crippen LogP contribution < -0.4 is 11.1 Å². The maximum Gasteiger partial charge on any atom is 0.303 e. The van der Waals surface area contributed by atoms with Gasteiger partial charge < -0.3 is 20.5 Å². The Morgan fingerprint density at radius 3 is 2.62 bits per heavy atom. The molecule has 24 heavy (non-hydrogen) atoms. The highest BCUT2D eigenvalue weighted by molar-refractivity contribution is 5.82. The van der Waals surface area contributed by atoms with Crippen molar-refractivity contribution in [1.82, 2.24) is 5.32 Å². The smallest absolute Gasteiger partial charge is 0.303 e. The minimum absolute atomic E-state index is 0.454. The summed E-state index contributed by atoms with van der Waals surface area (Å²) in [5.74, 6) is -0.0854. The summed E-state index contributed by atoms with van der Waals surface area (Å²) in [6.07, 6.45) is 11.2. The van der Waals surface area contributed by atoms with Gasteiger partial charge in [-0.05, 0) is 26.3 Å². The number of carbonyl (C=O) groups excluding carboxylic acids is 2. The summed E-state index contributed by atoms with van der Waals surface area (Å²) < 4.78 is 10.6. The van der Waals surface area contributed by atoms with Crippen LogP contribution >= 0.6 is 0 Å². The van der Waals surface area contributed by atoms with Crippen molar-refractivity contribution in [3.8, 4) is 0 Å². The molecule has 132 valence electrons. The molecule has 0 spiro atoms. The number of carbonyl (C=O) groups is 2. The molecule has 1 aliphatic rings. The van der Waals surface area contributed by atoms with Crippen molar-refractivity contribution in [1.29, 1.82) is 0 Å². The fraction of sp³-hybridized carbons (Fsp3) is 0.444.